The van der Waals surface area contributed by atoms with Crippen molar-refractivity contribution in [2.45, 2.75) is 19.3 Å². The van der Waals surface area contributed by atoms with Crippen LogP contribution in [0.2, 0.25) is 0 Å². The summed E-state index contributed by atoms with van der Waals surface area (Å²) in [5.74, 6) is 0.853. The molecule has 5 heteroatoms. The number of carbonyl (C=O) groups is 1. The third kappa shape index (κ3) is 3.23. The van der Waals surface area contributed by atoms with E-state index in [0.717, 1.165) is 19.3 Å². The van der Waals surface area contributed by atoms with Crippen molar-refractivity contribution >= 4 is 5.91 Å². The van der Waals surface area contributed by atoms with Gasteiger partial charge in [0.05, 0.1) is 7.11 Å². The summed E-state index contributed by atoms with van der Waals surface area (Å²) in [6.07, 6.45) is 4.83. The number of amides is 1. The Hall–Kier alpha value is -1.62. The van der Waals surface area contributed by atoms with Crippen LogP contribution in [0.1, 0.15) is 29.6 Å². The Balaban J connectivity index is 1.94. The minimum atomic E-state index is -0.173. The number of methoxy groups -OCH3 is 1. The summed E-state index contributed by atoms with van der Waals surface area (Å²) in [5, 5.41) is 12.2. The fraction of sp³-hybridized carbons (Fsp3) is 0.571. The molecule has 5 nitrogen and oxygen atoms in total. The van der Waals surface area contributed by atoms with Crippen LogP contribution < -0.4 is 10.1 Å². The Kier molecular flexibility index (Phi) is 4.74. The van der Waals surface area contributed by atoms with Gasteiger partial charge in [-0.05, 0) is 36.8 Å². The molecule has 0 radical (unpaired) electrons. The predicted molar refractivity (Wildman–Crippen MR) is 71.0 cm³/mol. The van der Waals surface area contributed by atoms with Gasteiger partial charge in [-0.25, -0.2) is 4.98 Å². The van der Waals surface area contributed by atoms with E-state index in [9.17, 15) is 9.90 Å². The third-order valence-electron chi connectivity index (χ3n) is 3.78. The lowest BCUT2D eigenvalue weighted by atomic mass is 9.97. The average Bonchev–Trinajstić information content (AvgIpc) is 2.92. The second-order valence-electron chi connectivity index (χ2n) is 4.90. The van der Waals surface area contributed by atoms with E-state index in [0.29, 0.717) is 29.8 Å². The lowest BCUT2D eigenvalue weighted by Gasteiger charge is -2.18. The molecular formula is C14H20N2O3. The molecule has 2 rings (SSSR count). The maximum atomic E-state index is 12.1. The molecule has 2 atom stereocenters. The van der Waals surface area contributed by atoms with Gasteiger partial charge in [0.2, 0.25) is 5.88 Å². The number of nitrogens with one attached hydrogen (secondary N) is 1. The smallest absolute Gasteiger partial charge is 0.256 e. The van der Waals surface area contributed by atoms with Crippen molar-refractivity contribution < 1.29 is 14.6 Å². The normalized spacial score (nSPS) is 22.2. The summed E-state index contributed by atoms with van der Waals surface area (Å²) in [7, 11) is 1.50. The second kappa shape index (κ2) is 6.52. The van der Waals surface area contributed by atoms with Gasteiger partial charge in [-0.1, -0.05) is 6.42 Å². The highest BCUT2D eigenvalue weighted by Gasteiger charge is 2.27. The third-order valence-corrected chi connectivity index (χ3v) is 3.78. The highest BCUT2D eigenvalue weighted by Crippen LogP contribution is 2.30. The first kappa shape index (κ1) is 13.8. The van der Waals surface area contributed by atoms with Crippen molar-refractivity contribution in [3.63, 3.8) is 0 Å². The Bertz CT molecular complexity index is 436. The van der Waals surface area contributed by atoms with Gasteiger partial charge in [0.1, 0.15) is 5.56 Å². The number of aliphatic hydroxyl groups excluding tert-OH is 1. The molecule has 0 saturated heterocycles. The summed E-state index contributed by atoms with van der Waals surface area (Å²) in [4.78, 5) is 16.1. The Labute approximate surface area is 113 Å². The van der Waals surface area contributed by atoms with Crippen LogP contribution >= 0.6 is 0 Å². The van der Waals surface area contributed by atoms with E-state index in [2.05, 4.69) is 10.3 Å². The molecule has 1 aliphatic rings. The van der Waals surface area contributed by atoms with E-state index in [1.807, 2.05) is 0 Å². The van der Waals surface area contributed by atoms with Crippen LogP contribution in [0, 0.1) is 11.8 Å². The number of pyridine rings is 1. The summed E-state index contributed by atoms with van der Waals surface area (Å²) >= 11 is 0. The first-order valence-corrected chi connectivity index (χ1v) is 6.64. The molecule has 0 aliphatic heterocycles. The molecule has 1 aromatic rings. The molecule has 1 amide bonds. The minimum Gasteiger partial charge on any atom is -0.480 e. The van der Waals surface area contributed by atoms with Crippen LogP contribution in [0.15, 0.2) is 18.3 Å². The Morgan fingerprint density at radius 1 is 1.53 bits per heavy atom. The first-order chi connectivity index (χ1) is 9.26. The number of aromatic nitrogens is 1. The summed E-state index contributed by atoms with van der Waals surface area (Å²) in [5.41, 5.74) is 0.448. The van der Waals surface area contributed by atoms with Gasteiger partial charge in [0, 0.05) is 19.3 Å². The number of aliphatic hydroxyl groups is 1. The second-order valence-corrected chi connectivity index (χ2v) is 4.90. The van der Waals surface area contributed by atoms with Crippen molar-refractivity contribution in [3.8, 4) is 5.88 Å². The highest BCUT2D eigenvalue weighted by atomic mass is 16.5. The number of rotatable bonds is 5. The number of ether oxygens (including phenoxy) is 1. The molecule has 19 heavy (non-hydrogen) atoms. The van der Waals surface area contributed by atoms with E-state index in [1.54, 1.807) is 18.3 Å². The molecule has 1 fully saturated rings. The van der Waals surface area contributed by atoms with Crippen LogP contribution in [-0.4, -0.2) is 36.3 Å². The fourth-order valence-electron chi connectivity index (χ4n) is 2.67. The van der Waals surface area contributed by atoms with Gasteiger partial charge in [-0.2, -0.15) is 0 Å². The highest BCUT2D eigenvalue weighted by molar-refractivity contribution is 5.96. The van der Waals surface area contributed by atoms with Crippen LogP contribution in [-0.2, 0) is 0 Å². The van der Waals surface area contributed by atoms with Gasteiger partial charge in [-0.3, -0.25) is 4.79 Å². The zero-order valence-corrected chi connectivity index (χ0v) is 11.1. The van der Waals surface area contributed by atoms with E-state index in [-0.39, 0.29) is 12.5 Å². The fourth-order valence-corrected chi connectivity index (χ4v) is 2.67. The molecule has 0 bridgehead atoms. The van der Waals surface area contributed by atoms with Crippen LogP contribution in [0.4, 0.5) is 0 Å². The maximum Gasteiger partial charge on any atom is 0.256 e. The molecule has 1 heterocycles. The van der Waals surface area contributed by atoms with Crippen molar-refractivity contribution in [2.24, 2.45) is 11.8 Å². The van der Waals surface area contributed by atoms with Gasteiger partial charge in [0.15, 0.2) is 0 Å². The van der Waals surface area contributed by atoms with E-state index in [4.69, 9.17) is 4.74 Å². The average molecular weight is 264 g/mol. The zero-order chi connectivity index (χ0) is 13.7. The predicted octanol–water partition coefficient (Wildman–Crippen LogP) is 1.23. The maximum absolute atomic E-state index is 12.1. The summed E-state index contributed by atoms with van der Waals surface area (Å²) < 4.78 is 5.07. The Morgan fingerprint density at radius 3 is 3.05 bits per heavy atom. The number of nitrogens with zero attached hydrogens (tertiary/aromatic N) is 1. The van der Waals surface area contributed by atoms with Crippen molar-refractivity contribution in [1.29, 1.82) is 0 Å². The molecule has 0 aromatic carbocycles. The van der Waals surface area contributed by atoms with Crippen LogP contribution in [0.5, 0.6) is 5.88 Å². The van der Waals surface area contributed by atoms with Crippen LogP contribution in [0.3, 0.4) is 0 Å². The number of hydrogen-bond acceptors (Lipinski definition) is 4. The van der Waals surface area contributed by atoms with Gasteiger partial charge in [0.25, 0.3) is 5.91 Å². The molecule has 0 spiro atoms. The van der Waals surface area contributed by atoms with E-state index in [1.165, 1.54) is 7.11 Å². The molecule has 1 saturated carbocycles. The largest absolute Gasteiger partial charge is 0.480 e. The van der Waals surface area contributed by atoms with Crippen molar-refractivity contribution in [2.75, 3.05) is 20.3 Å². The number of carbonyl (C=O) groups excluding carboxylic acids is 1. The lowest BCUT2D eigenvalue weighted by molar-refractivity contribution is 0.0934. The van der Waals surface area contributed by atoms with Gasteiger partial charge >= 0.3 is 0 Å². The first-order valence-electron chi connectivity index (χ1n) is 6.64. The molecule has 104 valence electrons. The van der Waals surface area contributed by atoms with E-state index >= 15 is 0 Å². The standard InChI is InChI=1S/C14H20N2O3/c1-19-14-12(6-3-7-15-14)13(18)16-8-10-4-2-5-11(10)9-17/h3,6-7,10-11,17H,2,4-5,8-9H2,1H3,(H,16,18). The molecule has 2 N–H and O–H groups in total. The molecule has 1 aliphatic carbocycles. The molecule has 2 unspecified atom stereocenters. The van der Waals surface area contributed by atoms with Crippen molar-refractivity contribution in [3.05, 3.63) is 23.9 Å². The van der Waals surface area contributed by atoms with Gasteiger partial charge < -0.3 is 15.2 Å². The Morgan fingerprint density at radius 2 is 2.32 bits per heavy atom. The summed E-state index contributed by atoms with van der Waals surface area (Å²) in [6, 6.07) is 3.41. The lowest BCUT2D eigenvalue weighted by Crippen LogP contribution is -2.32. The molecule has 1 aromatic heterocycles. The number of hydrogen-bond donors (Lipinski definition) is 2. The summed E-state index contributed by atoms with van der Waals surface area (Å²) in [6.45, 7) is 0.804. The molecular weight excluding hydrogens is 244 g/mol. The zero-order valence-electron chi connectivity index (χ0n) is 11.1. The minimum absolute atomic E-state index is 0.173. The topological polar surface area (TPSA) is 71.5 Å². The van der Waals surface area contributed by atoms with Crippen molar-refractivity contribution in [1.82, 2.24) is 10.3 Å². The van der Waals surface area contributed by atoms with E-state index < -0.39 is 0 Å². The quantitative estimate of drug-likeness (QED) is 0.839. The SMILES string of the molecule is COc1ncccc1C(=O)NCC1CCCC1CO. The van der Waals surface area contributed by atoms with Crippen LogP contribution in [0.25, 0.3) is 0 Å². The monoisotopic (exact) mass is 264 g/mol. The van der Waals surface area contributed by atoms with Gasteiger partial charge in [-0.15, -0.1) is 0 Å².